The van der Waals surface area contributed by atoms with Crippen molar-refractivity contribution < 1.29 is 27.5 Å². The van der Waals surface area contributed by atoms with Gasteiger partial charge in [0.15, 0.2) is 0 Å². The molecule has 1 fully saturated rings. The second kappa shape index (κ2) is 7.08. The Labute approximate surface area is 157 Å². The van der Waals surface area contributed by atoms with Gasteiger partial charge in [0.05, 0.1) is 16.6 Å². The maximum Gasteiger partial charge on any atom is 0.420 e. The normalized spacial score (nSPS) is 16.4. The van der Waals surface area contributed by atoms with Crippen LogP contribution in [0.4, 0.5) is 23.2 Å². The van der Waals surface area contributed by atoms with E-state index in [1.165, 1.54) is 11.9 Å². The third-order valence-corrected chi connectivity index (χ3v) is 4.94. The summed E-state index contributed by atoms with van der Waals surface area (Å²) in [5.74, 6) is -2.78. The molecule has 0 aliphatic carbocycles. The Morgan fingerprint density at radius 1 is 1.14 bits per heavy atom. The number of hydrogen-bond donors (Lipinski definition) is 1. The Morgan fingerprint density at radius 2 is 1.82 bits per heavy atom. The zero-order valence-electron chi connectivity index (χ0n) is 15.3. The molecule has 10 heteroatoms. The first-order chi connectivity index (χ1) is 13.0. The molecular weight excluding hydrogens is 382 g/mol. The average molecular weight is 401 g/mol. The predicted octanol–water partition coefficient (Wildman–Crippen LogP) is 2.54. The second-order valence-electron chi connectivity index (χ2n) is 6.91. The number of anilines is 1. The largest absolute Gasteiger partial charge is 0.477 e. The molecule has 0 radical (unpaired) electrons. The van der Waals surface area contributed by atoms with E-state index in [2.05, 4.69) is 0 Å². The number of aromatic carboxylic acids is 1. The molecule has 0 amide bonds. The molecule has 2 heterocycles. The Morgan fingerprint density at radius 3 is 2.43 bits per heavy atom. The molecule has 6 nitrogen and oxygen atoms in total. The Bertz CT molecular complexity index is 1000. The Balaban J connectivity index is 2.38. The molecule has 0 atom stereocenters. The molecule has 1 N–H and O–H groups in total. The summed E-state index contributed by atoms with van der Waals surface area (Å²) in [4.78, 5) is 26.9. The van der Waals surface area contributed by atoms with Gasteiger partial charge in [-0.25, -0.2) is 9.18 Å². The molecule has 152 valence electrons. The summed E-state index contributed by atoms with van der Waals surface area (Å²) in [5, 5.41) is 8.51. The van der Waals surface area contributed by atoms with E-state index in [0.29, 0.717) is 25.6 Å². The van der Waals surface area contributed by atoms with Gasteiger partial charge in [0.2, 0.25) is 5.43 Å². The number of alkyl halides is 3. The molecule has 1 saturated heterocycles. The molecule has 1 aromatic carbocycles. The maximum absolute atomic E-state index is 14.9. The van der Waals surface area contributed by atoms with Crippen molar-refractivity contribution >= 4 is 22.6 Å². The van der Waals surface area contributed by atoms with Gasteiger partial charge in [0.25, 0.3) is 0 Å². The van der Waals surface area contributed by atoms with Crippen molar-refractivity contribution in [3.63, 3.8) is 0 Å². The quantitative estimate of drug-likeness (QED) is 0.784. The van der Waals surface area contributed by atoms with Crippen LogP contribution >= 0.6 is 0 Å². The summed E-state index contributed by atoms with van der Waals surface area (Å²) >= 11 is 0. The number of halogens is 4. The maximum atomic E-state index is 14.9. The molecule has 1 aliphatic heterocycles. The molecule has 1 aliphatic rings. The van der Waals surface area contributed by atoms with Gasteiger partial charge in [-0.3, -0.25) is 4.79 Å². The van der Waals surface area contributed by atoms with Crippen molar-refractivity contribution in [1.29, 1.82) is 0 Å². The fourth-order valence-corrected chi connectivity index (χ4v) is 3.63. The molecule has 0 bridgehead atoms. The van der Waals surface area contributed by atoms with E-state index in [1.54, 1.807) is 0 Å². The summed E-state index contributed by atoms with van der Waals surface area (Å²) < 4.78 is 57.9. The minimum Gasteiger partial charge on any atom is -0.477 e. The van der Waals surface area contributed by atoms with E-state index in [1.807, 2.05) is 11.9 Å². The van der Waals surface area contributed by atoms with E-state index in [4.69, 9.17) is 5.11 Å². The monoisotopic (exact) mass is 401 g/mol. The van der Waals surface area contributed by atoms with Crippen LogP contribution in [0.25, 0.3) is 10.9 Å². The molecule has 0 unspecified atom stereocenters. The molecule has 1 aromatic heterocycles. The topological polar surface area (TPSA) is 65.8 Å². The fourth-order valence-electron chi connectivity index (χ4n) is 3.63. The summed E-state index contributed by atoms with van der Waals surface area (Å²) in [6.45, 7) is 1.57. The summed E-state index contributed by atoms with van der Waals surface area (Å²) in [6, 6.07) is 0.712. The van der Waals surface area contributed by atoms with Crippen LogP contribution < -0.4 is 10.3 Å². The first-order valence-corrected chi connectivity index (χ1v) is 8.62. The van der Waals surface area contributed by atoms with Gasteiger partial charge in [-0.1, -0.05) is 0 Å². The molecule has 0 saturated carbocycles. The molecule has 3 rings (SSSR count). The van der Waals surface area contributed by atoms with Crippen molar-refractivity contribution in [2.45, 2.75) is 12.6 Å². The molecule has 2 aromatic rings. The molecular formula is C18H19F4N3O3. The second-order valence-corrected chi connectivity index (χ2v) is 6.91. The van der Waals surface area contributed by atoms with Gasteiger partial charge in [-0.15, -0.1) is 0 Å². The fraction of sp³-hybridized carbons (Fsp3) is 0.444. The van der Waals surface area contributed by atoms with Crippen molar-refractivity contribution in [2.75, 3.05) is 38.1 Å². The first-order valence-electron chi connectivity index (χ1n) is 8.62. The standard InChI is InChI=1S/C18H19F4N3O3/c1-23-4-3-5-25(7-6-23)15-12(19)8-10-14(13(15)18(20,21)22)24(2)9-11(16(10)26)17(27)28/h8-9H,3-7H2,1-2H3,(H,27,28). The van der Waals surface area contributed by atoms with E-state index < -0.39 is 51.1 Å². The summed E-state index contributed by atoms with van der Waals surface area (Å²) in [5.41, 5.74) is -4.26. The highest BCUT2D eigenvalue weighted by Gasteiger charge is 2.40. The number of carboxylic acids is 1. The number of nitrogens with zero attached hydrogens (tertiary/aromatic N) is 3. The summed E-state index contributed by atoms with van der Waals surface area (Å²) in [6.07, 6.45) is -3.55. The van der Waals surface area contributed by atoms with E-state index in [-0.39, 0.29) is 13.1 Å². The van der Waals surface area contributed by atoms with E-state index >= 15 is 0 Å². The highest BCUT2D eigenvalue weighted by molar-refractivity contribution is 5.95. The van der Waals surface area contributed by atoms with Gasteiger partial charge in [-0.2, -0.15) is 13.2 Å². The van der Waals surface area contributed by atoms with Gasteiger partial charge < -0.3 is 19.5 Å². The van der Waals surface area contributed by atoms with Crippen LogP contribution in [0.2, 0.25) is 0 Å². The third-order valence-electron chi connectivity index (χ3n) is 4.94. The van der Waals surface area contributed by atoms with Crippen molar-refractivity contribution in [2.24, 2.45) is 7.05 Å². The van der Waals surface area contributed by atoms with Crippen LogP contribution in [0.15, 0.2) is 17.1 Å². The van der Waals surface area contributed by atoms with E-state index in [0.717, 1.165) is 10.8 Å². The van der Waals surface area contributed by atoms with Gasteiger partial charge in [0.1, 0.15) is 16.9 Å². The minimum atomic E-state index is -4.94. The third kappa shape index (κ3) is 3.44. The number of pyridine rings is 1. The Hall–Kier alpha value is -2.62. The number of carbonyl (C=O) groups is 1. The highest BCUT2D eigenvalue weighted by atomic mass is 19.4. The lowest BCUT2D eigenvalue weighted by molar-refractivity contribution is -0.136. The zero-order valence-corrected chi connectivity index (χ0v) is 15.3. The van der Waals surface area contributed by atoms with Crippen LogP contribution in [-0.4, -0.2) is 53.8 Å². The highest BCUT2D eigenvalue weighted by Crippen LogP contribution is 2.42. The Kier molecular flexibility index (Phi) is 5.09. The minimum absolute atomic E-state index is 0.198. The number of benzene rings is 1. The van der Waals surface area contributed by atoms with Gasteiger partial charge in [0, 0.05) is 32.9 Å². The first kappa shape index (κ1) is 20.1. The average Bonchev–Trinajstić information content (AvgIpc) is 2.80. The van der Waals surface area contributed by atoms with Gasteiger partial charge in [-0.05, 0) is 26.1 Å². The van der Waals surface area contributed by atoms with E-state index in [9.17, 15) is 27.2 Å². The molecule has 0 spiro atoms. The van der Waals surface area contributed by atoms with Crippen LogP contribution in [0.1, 0.15) is 22.3 Å². The van der Waals surface area contributed by atoms with Crippen LogP contribution in [-0.2, 0) is 13.2 Å². The number of aryl methyl sites for hydroxylation is 1. The van der Waals surface area contributed by atoms with Crippen molar-refractivity contribution in [1.82, 2.24) is 9.47 Å². The lowest BCUT2D eigenvalue weighted by Gasteiger charge is -2.28. The lowest BCUT2D eigenvalue weighted by atomic mass is 10.0. The van der Waals surface area contributed by atoms with Crippen LogP contribution in [0, 0.1) is 5.82 Å². The van der Waals surface area contributed by atoms with Crippen LogP contribution in [0.3, 0.4) is 0 Å². The number of aromatic nitrogens is 1. The molecule has 28 heavy (non-hydrogen) atoms. The predicted molar refractivity (Wildman–Crippen MR) is 95.4 cm³/mol. The number of rotatable bonds is 2. The number of fused-ring (bicyclic) bond motifs is 1. The number of likely N-dealkylation sites (N-methyl/N-ethyl adjacent to an activating group) is 1. The summed E-state index contributed by atoms with van der Waals surface area (Å²) in [7, 11) is 3.05. The zero-order chi connectivity index (χ0) is 20.8. The SMILES string of the molecule is CN1CCCN(c2c(F)cc3c(=O)c(C(=O)O)cn(C)c3c2C(F)(F)F)CC1. The lowest BCUT2D eigenvalue weighted by Crippen LogP contribution is -2.32. The van der Waals surface area contributed by atoms with Crippen molar-refractivity contribution in [3.8, 4) is 0 Å². The van der Waals surface area contributed by atoms with Gasteiger partial charge >= 0.3 is 12.1 Å². The van der Waals surface area contributed by atoms with Crippen LogP contribution in [0.5, 0.6) is 0 Å². The smallest absolute Gasteiger partial charge is 0.420 e. The number of carboxylic acid groups (broad SMARTS) is 1. The number of hydrogen-bond acceptors (Lipinski definition) is 4. The van der Waals surface area contributed by atoms with Crippen molar-refractivity contribution in [3.05, 3.63) is 39.4 Å².